The molecule has 1 aromatic carbocycles. The van der Waals surface area contributed by atoms with E-state index in [1.165, 1.54) is 0 Å². The van der Waals surface area contributed by atoms with Gasteiger partial charge in [0.05, 0.1) is 11.6 Å². The number of ether oxygens (including phenoxy) is 1. The van der Waals surface area contributed by atoms with Crippen LogP contribution in [0.5, 0.6) is 5.75 Å². The van der Waals surface area contributed by atoms with Crippen molar-refractivity contribution in [3.8, 4) is 11.8 Å². The number of aliphatic hydroxyl groups is 1. The van der Waals surface area contributed by atoms with Gasteiger partial charge in [0.2, 0.25) is 0 Å². The van der Waals surface area contributed by atoms with Crippen LogP contribution in [0.1, 0.15) is 38.7 Å². The van der Waals surface area contributed by atoms with Gasteiger partial charge in [-0.1, -0.05) is 13.8 Å². The Bertz CT molecular complexity index is 528. The van der Waals surface area contributed by atoms with E-state index in [1.807, 2.05) is 13.0 Å². The Kier molecular flexibility index (Phi) is 10.3. The first-order chi connectivity index (χ1) is 11.6. The van der Waals surface area contributed by atoms with Crippen molar-refractivity contribution >= 4 is 10.8 Å². The van der Waals surface area contributed by atoms with E-state index >= 15 is 0 Å². The molecule has 0 heterocycles. The topological polar surface area (TPSA) is 82.3 Å². The fourth-order valence-electron chi connectivity index (χ4n) is 2.23. The third kappa shape index (κ3) is 8.44. The number of hydrogen-bond acceptors (Lipinski definition) is 5. The van der Waals surface area contributed by atoms with Crippen LogP contribution in [0.25, 0.3) is 0 Å². The lowest BCUT2D eigenvalue weighted by Crippen LogP contribution is -2.38. The zero-order valence-corrected chi connectivity index (χ0v) is 15.3. The molecule has 24 heavy (non-hydrogen) atoms. The number of benzene rings is 1. The molecule has 0 radical (unpaired) electrons. The first-order valence-corrected chi connectivity index (χ1v) is 9.97. The van der Waals surface area contributed by atoms with Gasteiger partial charge in [-0.3, -0.25) is 4.21 Å². The van der Waals surface area contributed by atoms with Crippen LogP contribution < -0.4 is 10.1 Å². The molecule has 0 bridgehead atoms. The van der Waals surface area contributed by atoms with Crippen molar-refractivity contribution in [1.29, 1.82) is 5.26 Å². The molecule has 6 heteroatoms. The average molecular weight is 353 g/mol. The molecule has 2 N–H and O–H groups in total. The van der Waals surface area contributed by atoms with E-state index in [-0.39, 0.29) is 12.6 Å². The molecule has 0 aromatic heterocycles. The average Bonchev–Trinajstić information content (AvgIpc) is 2.60. The quantitative estimate of drug-likeness (QED) is 0.603. The number of nitrogens with zero attached hydrogens (tertiary/aromatic N) is 1. The SMILES string of the molecule is CCCS(=O)CCC(CC)NC[C@@H](O)COc1ccc(C#N)cc1. The molecule has 1 aromatic rings. The Balaban J connectivity index is 2.26. The van der Waals surface area contributed by atoms with E-state index in [0.717, 1.165) is 25.0 Å². The molecule has 2 unspecified atom stereocenters. The third-order valence-corrected chi connectivity index (χ3v) is 5.24. The number of rotatable bonds is 12. The summed E-state index contributed by atoms with van der Waals surface area (Å²) in [5, 5.41) is 22.1. The second-order valence-electron chi connectivity index (χ2n) is 5.75. The summed E-state index contributed by atoms with van der Waals surface area (Å²) in [6.07, 6.45) is 2.12. The summed E-state index contributed by atoms with van der Waals surface area (Å²) >= 11 is 0. The maximum atomic E-state index is 11.7. The third-order valence-electron chi connectivity index (χ3n) is 3.69. The predicted molar refractivity (Wildman–Crippen MR) is 97.5 cm³/mol. The number of nitrogens with one attached hydrogen (secondary N) is 1. The summed E-state index contributed by atoms with van der Waals surface area (Å²) < 4.78 is 17.2. The van der Waals surface area contributed by atoms with Gasteiger partial charge in [0.1, 0.15) is 18.5 Å². The number of nitriles is 1. The first kappa shape index (κ1) is 20.6. The monoisotopic (exact) mass is 352 g/mol. The van der Waals surface area contributed by atoms with E-state index in [1.54, 1.807) is 24.3 Å². The van der Waals surface area contributed by atoms with Gasteiger partial charge in [0, 0.05) is 34.9 Å². The number of aliphatic hydroxyl groups excluding tert-OH is 1. The highest BCUT2D eigenvalue weighted by Gasteiger charge is 2.11. The zero-order valence-electron chi connectivity index (χ0n) is 14.5. The summed E-state index contributed by atoms with van der Waals surface area (Å²) in [5.74, 6) is 2.10. The Labute approximate surface area is 147 Å². The second-order valence-corrected chi connectivity index (χ2v) is 7.45. The van der Waals surface area contributed by atoms with Gasteiger partial charge in [-0.2, -0.15) is 5.26 Å². The predicted octanol–water partition coefficient (Wildman–Crippen LogP) is 2.21. The fraction of sp³-hybridized carbons (Fsp3) is 0.611. The molecule has 0 amide bonds. The lowest BCUT2D eigenvalue weighted by molar-refractivity contribution is 0.103. The molecule has 3 atom stereocenters. The van der Waals surface area contributed by atoms with Gasteiger partial charge >= 0.3 is 0 Å². The Morgan fingerprint density at radius 3 is 2.58 bits per heavy atom. The van der Waals surface area contributed by atoms with Crippen LogP contribution in [0, 0.1) is 11.3 Å². The fourth-order valence-corrected chi connectivity index (χ4v) is 3.44. The van der Waals surface area contributed by atoms with E-state index in [4.69, 9.17) is 10.00 Å². The Morgan fingerprint density at radius 2 is 2.00 bits per heavy atom. The molecule has 1 rings (SSSR count). The molecular weight excluding hydrogens is 324 g/mol. The van der Waals surface area contributed by atoms with Crippen LogP contribution in [-0.4, -0.2) is 46.1 Å². The summed E-state index contributed by atoms with van der Waals surface area (Å²) in [7, 11) is -0.738. The molecular formula is C18H28N2O3S. The Morgan fingerprint density at radius 1 is 1.29 bits per heavy atom. The summed E-state index contributed by atoms with van der Waals surface area (Å²) in [6, 6.07) is 9.11. The van der Waals surface area contributed by atoms with Crippen molar-refractivity contribution in [2.45, 2.75) is 45.3 Å². The minimum Gasteiger partial charge on any atom is -0.491 e. The van der Waals surface area contributed by atoms with Crippen LogP contribution in [0.3, 0.4) is 0 Å². The van der Waals surface area contributed by atoms with Crippen LogP contribution >= 0.6 is 0 Å². The first-order valence-electron chi connectivity index (χ1n) is 8.48. The minimum absolute atomic E-state index is 0.192. The smallest absolute Gasteiger partial charge is 0.119 e. The maximum Gasteiger partial charge on any atom is 0.119 e. The molecule has 5 nitrogen and oxygen atoms in total. The molecule has 0 fully saturated rings. The largest absolute Gasteiger partial charge is 0.491 e. The minimum atomic E-state index is -0.738. The molecule has 0 aliphatic rings. The van der Waals surface area contributed by atoms with Gasteiger partial charge in [-0.25, -0.2) is 0 Å². The normalized spacial score (nSPS) is 14.6. The molecule has 0 spiro atoms. The van der Waals surface area contributed by atoms with E-state index < -0.39 is 16.9 Å². The van der Waals surface area contributed by atoms with Crippen LogP contribution in [0.15, 0.2) is 24.3 Å². The molecule has 0 saturated carbocycles. The van der Waals surface area contributed by atoms with Gasteiger partial charge in [0.15, 0.2) is 0 Å². The van der Waals surface area contributed by atoms with Crippen molar-refractivity contribution in [3.63, 3.8) is 0 Å². The van der Waals surface area contributed by atoms with Crippen LogP contribution in [0.2, 0.25) is 0 Å². The van der Waals surface area contributed by atoms with Crippen molar-refractivity contribution in [3.05, 3.63) is 29.8 Å². The summed E-state index contributed by atoms with van der Waals surface area (Å²) in [4.78, 5) is 0. The summed E-state index contributed by atoms with van der Waals surface area (Å²) in [6.45, 7) is 4.75. The molecule has 0 aliphatic carbocycles. The van der Waals surface area contributed by atoms with Crippen LogP contribution in [-0.2, 0) is 10.8 Å². The van der Waals surface area contributed by atoms with Gasteiger partial charge in [0.25, 0.3) is 0 Å². The van der Waals surface area contributed by atoms with E-state index in [9.17, 15) is 9.32 Å². The molecule has 0 saturated heterocycles. The zero-order chi connectivity index (χ0) is 17.8. The lowest BCUT2D eigenvalue weighted by atomic mass is 10.1. The van der Waals surface area contributed by atoms with E-state index in [0.29, 0.717) is 23.6 Å². The second kappa shape index (κ2) is 12.0. The van der Waals surface area contributed by atoms with Gasteiger partial charge in [-0.15, -0.1) is 0 Å². The number of hydrogen-bond donors (Lipinski definition) is 2. The highest BCUT2D eigenvalue weighted by molar-refractivity contribution is 7.84. The van der Waals surface area contributed by atoms with Crippen LogP contribution in [0.4, 0.5) is 0 Å². The lowest BCUT2D eigenvalue weighted by Gasteiger charge is -2.19. The van der Waals surface area contributed by atoms with Gasteiger partial charge in [-0.05, 0) is 43.5 Å². The van der Waals surface area contributed by atoms with Crippen molar-refractivity contribution in [2.75, 3.05) is 24.7 Å². The summed E-state index contributed by atoms with van der Waals surface area (Å²) in [5.41, 5.74) is 0.579. The van der Waals surface area contributed by atoms with Crippen molar-refractivity contribution in [1.82, 2.24) is 5.32 Å². The molecule has 134 valence electrons. The van der Waals surface area contributed by atoms with Crippen molar-refractivity contribution in [2.24, 2.45) is 0 Å². The molecule has 0 aliphatic heterocycles. The van der Waals surface area contributed by atoms with Gasteiger partial charge < -0.3 is 15.2 Å². The highest BCUT2D eigenvalue weighted by atomic mass is 32.2. The standard InChI is InChI=1S/C18H28N2O3S/c1-3-10-24(22)11-9-16(4-2)20-13-17(21)14-23-18-7-5-15(12-19)6-8-18/h5-8,16-17,20-21H,3-4,9-11,13-14H2,1-2H3/t16?,17-,24?/m1/s1. The maximum absolute atomic E-state index is 11.7. The highest BCUT2D eigenvalue weighted by Crippen LogP contribution is 2.11. The van der Waals surface area contributed by atoms with E-state index in [2.05, 4.69) is 12.2 Å². The Hall–Kier alpha value is -1.42. The van der Waals surface area contributed by atoms with Crippen molar-refractivity contribution < 1.29 is 14.1 Å².